The molecule has 0 aliphatic carbocycles. The van der Waals surface area contributed by atoms with E-state index in [1.807, 2.05) is 0 Å². The second kappa shape index (κ2) is 5.83. The van der Waals surface area contributed by atoms with Crippen LogP contribution in [-0.2, 0) is 6.42 Å². The first kappa shape index (κ1) is 12.8. The van der Waals surface area contributed by atoms with Crippen molar-refractivity contribution in [2.45, 2.75) is 18.2 Å². The van der Waals surface area contributed by atoms with E-state index in [0.29, 0.717) is 4.83 Å². The second-order valence-electron chi connectivity index (χ2n) is 4.15. The fraction of sp³-hybridized carbons (Fsp3) is 0.200. The van der Waals surface area contributed by atoms with Crippen LogP contribution in [0.2, 0.25) is 0 Å². The average molecular weight is 354 g/mol. The zero-order chi connectivity index (χ0) is 12.3. The van der Waals surface area contributed by atoms with Crippen molar-refractivity contribution in [1.82, 2.24) is 0 Å². The molecule has 1 atom stereocenters. The molecule has 2 heteroatoms. The van der Waals surface area contributed by atoms with Crippen LogP contribution in [0.4, 0.5) is 0 Å². The molecule has 0 aliphatic heterocycles. The molecule has 0 N–H and O–H groups in total. The molecule has 0 aliphatic rings. The smallest absolute Gasteiger partial charge is 0.0436 e. The lowest BCUT2D eigenvalue weighted by molar-refractivity contribution is 0.938. The van der Waals surface area contributed by atoms with Crippen molar-refractivity contribution in [3.63, 3.8) is 0 Å². The van der Waals surface area contributed by atoms with Gasteiger partial charge in [0.05, 0.1) is 0 Å². The van der Waals surface area contributed by atoms with Crippen LogP contribution in [0.3, 0.4) is 0 Å². The summed E-state index contributed by atoms with van der Waals surface area (Å²) in [5, 5.41) is 0. The third-order valence-electron chi connectivity index (χ3n) is 2.87. The third-order valence-corrected chi connectivity index (χ3v) is 4.22. The summed E-state index contributed by atoms with van der Waals surface area (Å²) in [4.78, 5) is 0.362. The molecule has 2 aromatic carbocycles. The highest BCUT2D eigenvalue weighted by Gasteiger charge is 2.09. The number of hydrogen-bond acceptors (Lipinski definition) is 0. The summed E-state index contributed by atoms with van der Waals surface area (Å²) in [5.74, 6) is 0. The average Bonchev–Trinajstić information content (AvgIpc) is 2.32. The van der Waals surface area contributed by atoms with Gasteiger partial charge in [-0.2, -0.15) is 0 Å². The topological polar surface area (TPSA) is 0 Å². The van der Waals surface area contributed by atoms with Crippen molar-refractivity contribution in [3.05, 3.63) is 69.7 Å². The Morgan fingerprint density at radius 2 is 1.82 bits per heavy atom. The number of halogens is 2. The molecule has 0 fully saturated rings. The first-order valence-corrected chi connectivity index (χ1v) is 7.32. The van der Waals surface area contributed by atoms with Crippen molar-refractivity contribution in [1.29, 1.82) is 0 Å². The van der Waals surface area contributed by atoms with E-state index in [1.165, 1.54) is 16.7 Å². The lowest BCUT2D eigenvalue weighted by atomic mass is 10.0. The van der Waals surface area contributed by atoms with Gasteiger partial charge in [0, 0.05) is 9.30 Å². The number of aryl methyl sites for hydroxylation is 1. The second-order valence-corrected chi connectivity index (χ2v) is 6.17. The Labute approximate surface area is 119 Å². The first-order chi connectivity index (χ1) is 8.16. The van der Waals surface area contributed by atoms with Gasteiger partial charge < -0.3 is 0 Å². The van der Waals surface area contributed by atoms with Gasteiger partial charge in [0.1, 0.15) is 0 Å². The van der Waals surface area contributed by atoms with E-state index < -0.39 is 0 Å². The summed E-state index contributed by atoms with van der Waals surface area (Å²) in [6, 6.07) is 17.0. The van der Waals surface area contributed by atoms with Gasteiger partial charge in [0.25, 0.3) is 0 Å². The van der Waals surface area contributed by atoms with Gasteiger partial charge in [-0.05, 0) is 42.2 Å². The Bertz CT molecular complexity index is 506. The summed E-state index contributed by atoms with van der Waals surface area (Å²) in [7, 11) is 0. The minimum atomic E-state index is 0.362. The Morgan fingerprint density at radius 3 is 2.53 bits per heavy atom. The van der Waals surface area contributed by atoms with Gasteiger partial charge in [-0.1, -0.05) is 68.3 Å². The van der Waals surface area contributed by atoms with Crippen LogP contribution in [0.5, 0.6) is 0 Å². The van der Waals surface area contributed by atoms with Crippen molar-refractivity contribution in [2.75, 3.05) is 0 Å². The van der Waals surface area contributed by atoms with E-state index in [9.17, 15) is 0 Å². The molecule has 0 saturated heterocycles. The molecule has 0 amide bonds. The van der Waals surface area contributed by atoms with Gasteiger partial charge >= 0.3 is 0 Å². The maximum Gasteiger partial charge on any atom is 0.0436 e. The van der Waals surface area contributed by atoms with Crippen molar-refractivity contribution >= 4 is 31.9 Å². The lowest BCUT2D eigenvalue weighted by Crippen LogP contribution is -1.97. The SMILES string of the molecule is Cc1ccccc1CC(Br)c1cccc(Br)c1. The molecule has 88 valence electrons. The predicted molar refractivity (Wildman–Crippen MR) is 80.7 cm³/mol. The first-order valence-electron chi connectivity index (χ1n) is 5.61. The molecule has 1 unspecified atom stereocenters. The fourth-order valence-electron chi connectivity index (χ4n) is 1.85. The molecule has 0 heterocycles. The molecular formula is C15H14Br2. The van der Waals surface area contributed by atoms with Crippen LogP contribution in [0.15, 0.2) is 53.0 Å². The summed E-state index contributed by atoms with van der Waals surface area (Å²) in [6.45, 7) is 2.16. The molecule has 2 aromatic rings. The number of rotatable bonds is 3. The highest BCUT2D eigenvalue weighted by Crippen LogP contribution is 2.29. The zero-order valence-corrected chi connectivity index (χ0v) is 12.8. The van der Waals surface area contributed by atoms with Gasteiger partial charge in [-0.15, -0.1) is 0 Å². The minimum absolute atomic E-state index is 0.362. The Kier molecular flexibility index (Phi) is 4.41. The van der Waals surface area contributed by atoms with Crippen LogP contribution in [0.25, 0.3) is 0 Å². The van der Waals surface area contributed by atoms with E-state index in [-0.39, 0.29) is 0 Å². The van der Waals surface area contributed by atoms with Crippen LogP contribution in [-0.4, -0.2) is 0 Å². The van der Waals surface area contributed by atoms with Crippen molar-refractivity contribution in [2.24, 2.45) is 0 Å². The highest BCUT2D eigenvalue weighted by molar-refractivity contribution is 9.10. The number of benzene rings is 2. The molecular weight excluding hydrogens is 340 g/mol. The van der Waals surface area contributed by atoms with Gasteiger partial charge in [-0.25, -0.2) is 0 Å². The van der Waals surface area contributed by atoms with E-state index in [0.717, 1.165) is 10.9 Å². The largest absolute Gasteiger partial charge is 0.0835 e. The van der Waals surface area contributed by atoms with Gasteiger partial charge in [-0.3, -0.25) is 0 Å². The normalized spacial score (nSPS) is 12.4. The van der Waals surface area contributed by atoms with Crippen molar-refractivity contribution in [3.8, 4) is 0 Å². The molecule has 0 aromatic heterocycles. The predicted octanol–water partition coefficient (Wildman–Crippen LogP) is 5.44. The van der Waals surface area contributed by atoms with Crippen LogP contribution in [0, 0.1) is 6.92 Å². The van der Waals surface area contributed by atoms with Gasteiger partial charge in [0.2, 0.25) is 0 Å². The van der Waals surface area contributed by atoms with E-state index >= 15 is 0 Å². The molecule has 0 spiro atoms. The monoisotopic (exact) mass is 352 g/mol. The summed E-state index contributed by atoms with van der Waals surface area (Å²) in [6.07, 6.45) is 1.02. The van der Waals surface area contributed by atoms with E-state index in [1.54, 1.807) is 0 Å². The van der Waals surface area contributed by atoms with Crippen LogP contribution >= 0.6 is 31.9 Å². The molecule has 0 saturated carbocycles. The maximum atomic E-state index is 3.77. The van der Waals surface area contributed by atoms with Crippen molar-refractivity contribution < 1.29 is 0 Å². The summed E-state index contributed by atoms with van der Waals surface area (Å²) < 4.78 is 1.13. The fourth-order valence-corrected chi connectivity index (χ4v) is 2.90. The molecule has 0 bridgehead atoms. The molecule has 0 nitrogen and oxygen atoms in total. The number of hydrogen-bond donors (Lipinski definition) is 0. The van der Waals surface area contributed by atoms with E-state index in [2.05, 4.69) is 87.3 Å². The van der Waals surface area contributed by atoms with Crippen LogP contribution < -0.4 is 0 Å². The maximum absolute atomic E-state index is 3.77. The minimum Gasteiger partial charge on any atom is -0.0835 e. The Hall–Kier alpha value is -0.600. The standard InChI is InChI=1S/C15H14Br2/c1-11-5-2-3-6-12(11)10-15(17)13-7-4-8-14(16)9-13/h2-9,15H,10H2,1H3. The molecule has 17 heavy (non-hydrogen) atoms. The summed E-state index contributed by atoms with van der Waals surface area (Å²) >= 11 is 7.28. The lowest BCUT2D eigenvalue weighted by Gasteiger charge is -2.12. The van der Waals surface area contributed by atoms with Gasteiger partial charge in [0.15, 0.2) is 0 Å². The summed E-state index contributed by atoms with van der Waals surface area (Å²) in [5.41, 5.74) is 4.06. The van der Waals surface area contributed by atoms with Crippen LogP contribution in [0.1, 0.15) is 21.5 Å². The van der Waals surface area contributed by atoms with E-state index in [4.69, 9.17) is 0 Å². The third kappa shape index (κ3) is 3.43. The Morgan fingerprint density at radius 1 is 1.06 bits per heavy atom. The molecule has 0 radical (unpaired) electrons. The zero-order valence-electron chi connectivity index (χ0n) is 9.66. The highest BCUT2D eigenvalue weighted by atomic mass is 79.9. The quantitative estimate of drug-likeness (QED) is 0.645. The molecule has 2 rings (SSSR count). The number of alkyl halides is 1. The Balaban J connectivity index is 2.17.